The monoisotopic (exact) mass is 229 g/mol. The number of amides is 1. The highest BCUT2D eigenvalue weighted by molar-refractivity contribution is 5.81. The quantitative estimate of drug-likeness (QED) is 0.408. The van der Waals surface area contributed by atoms with Gasteiger partial charge in [0.25, 0.3) is 5.91 Å². The molecule has 5 nitrogen and oxygen atoms in total. The minimum absolute atomic E-state index is 0.164. The van der Waals surface area contributed by atoms with Crippen molar-refractivity contribution in [2.75, 3.05) is 20.3 Å². The third-order valence-corrected chi connectivity index (χ3v) is 3.59. The molecule has 94 valence electrons. The fraction of sp³-hybridized carbons (Fsp3) is 0.909. The number of nitrogens with one attached hydrogen (secondary N) is 1. The Morgan fingerprint density at radius 2 is 2.31 bits per heavy atom. The van der Waals surface area contributed by atoms with Crippen LogP contribution in [0.3, 0.4) is 0 Å². The summed E-state index contributed by atoms with van der Waals surface area (Å²) in [6, 6.07) is 0.124. The molecule has 0 aromatic heterocycles. The largest absolute Gasteiger partial charge is 0.383 e. The second kappa shape index (κ2) is 6.18. The van der Waals surface area contributed by atoms with Crippen LogP contribution in [0, 0.1) is 5.92 Å². The zero-order chi connectivity index (χ0) is 12.1. The van der Waals surface area contributed by atoms with Gasteiger partial charge in [0.05, 0.1) is 6.61 Å². The van der Waals surface area contributed by atoms with Crippen LogP contribution in [0.2, 0.25) is 0 Å². The number of ether oxygens (including phenoxy) is 1. The molecular formula is C11H23N3O2. The molecule has 5 heteroatoms. The Hall–Kier alpha value is -0.650. The Morgan fingerprint density at radius 3 is 2.88 bits per heavy atom. The van der Waals surface area contributed by atoms with Gasteiger partial charge in [0.15, 0.2) is 0 Å². The predicted molar refractivity (Wildman–Crippen MR) is 62.6 cm³/mol. The van der Waals surface area contributed by atoms with Crippen LogP contribution < -0.4 is 11.3 Å². The van der Waals surface area contributed by atoms with Crippen LogP contribution in [0.15, 0.2) is 0 Å². The van der Waals surface area contributed by atoms with Crippen LogP contribution in [0.5, 0.6) is 0 Å². The summed E-state index contributed by atoms with van der Waals surface area (Å²) in [5, 5.41) is 0. The molecule has 0 bridgehead atoms. The summed E-state index contributed by atoms with van der Waals surface area (Å²) in [6.45, 7) is 5.71. The average molecular weight is 229 g/mol. The van der Waals surface area contributed by atoms with E-state index in [2.05, 4.69) is 24.2 Å². The molecule has 0 aliphatic carbocycles. The Kier molecular flexibility index (Phi) is 5.18. The van der Waals surface area contributed by atoms with Crippen LogP contribution in [0.25, 0.3) is 0 Å². The van der Waals surface area contributed by atoms with E-state index in [0.717, 1.165) is 13.0 Å². The van der Waals surface area contributed by atoms with E-state index in [1.54, 1.807) is 7.11 Å². The van der Waals surface area contributed by atoms with Crippen LogP contribution in [0.4, 0.5) is 0 Å². The molecule has 3 unspecified atom stereocenters. The van der Waals surface area contributed by atoms with Gasteiger partial charge in [0.2, 0.25) is 0 Å². The minimum atomic E-state index is -0.271. The van der Waals surface area contributed by atoms with Gasteiger partial charge < -0.3 is 4.74 Å². The number of hydrogen-bond donors (Lipinski definition) is 2. The molecule has 3 atom stereocenters. The lowest BCUT2D eigenvalue weighted by atomic mass is 9.90. The summed E-state index contributed by atoms with van der Waals surface area (Å²) in [7, 11) is 1.61. The Labute approximate surface area is 97.3 Å². The lowest BCUT2D eigenvalue weighted by Gasteiger charge is -2.41. The van der Waals surface area contributed by atoms with Crippen LogP contribution >= 0.6 is 0 Å². The van der Waals surface area contributed by atoms with Crippen molar-refractivity contribution in [3.8, 4) is 0 Å². The van der Waals surface area contributed by atoms with Gasteiger partial charge in [-0.1, -0.05) is 6.92 Å². The molecule has 0 spiro atoms. The summed E-state index contributed by atoms with van der Waals surface area (Å²) < 4.78 is 5.11. The number of nitrogens with zero attached hydrogens (tertiary/aromatic N) is 1. The van der Waals surface area contributed by atoms with Crippen molar-refractivity contribution in [1.82, 2.24) is 10.3 Å². The van der Waals surface area contributed by atoms with Crippen molar-refractivity contribution in [2.45, 2.75) is 38.8 Å². The number of carbonyl (C=O) groups is 1. The highest BCUT2D eigenvalue weighted by Crippen LogP contribution is 2.24. The molecular weight excluding hydrogens is 206 g/mol. The van der Waals surface area contributed by atoms with Crippen molar-refractivity contribution in [2.24, 2.45) is 11.8 Å². The van der Waals surface area contributed by atoms with E-state index in [4.69, 9.17) is 10.6 Å². The zero-order valence-corrected chi connectivity index (χ0v) is 10.4. The average Bonchev–Trinajstić information content (AvgIpc) is 2.29. The number of nitrogens with two attached hydrogens (primary N) is 1. The summed E-state index contributed by atoms with van der Waals surface area (Å²) in [5.74, 6) is 5.65. The topological polar surface area (TPSA) is 67.6 Å². The summed E-state index contributed by atoms with van der Waals surface area (Å²) >= 11 is 0. The molecule has 3 N–H and O–H groups in total. The van der Waals surface area contributed by atoms with Crippen molar-refractivity contribution >= 4 is 5.91 Å². The first-order valence-corrected chi connectivity index (χ1v) is 5.87. The van der Waals surface area contributed by atoms with Gasteiger partial charge in [-0.3, -0.25) is 15.1 Å². The SMILES string of the molecule is COCC(C(=O)NN)N1CCCC(C)C1C. The molecule has 1 aliphatic rings. The lowest BCUT2D eigenvalue weighted by molar-refractivity contribution is -0.130. The van der Waals surface area contributed by atoms with Crippen molar-refractivity contribution < 1.29 is 9.53 Å². The predicted octanol–water partition coefficient (Wildman–Crippen LogP) is 0.112. The first-order chi connectivity index (χ1) is 7.61. The second-order valence-corrected chi connectivity index (χ2v) is 4.58. The third kappa shape index (κ3) is 2.93. The van der Waals surface area contributed by atoms with Gasteiger partial charge in [-0.2, -0.15) is 0 Å². The Morgan fingerprint density at radius 1 is 1.62 bits per heavy atom. The molecule has 0 radical (unpaired) electrons. The molecule has 1 fully saturated rings. The van der Waals surface area contributed by atoms with Crippen LogP contribution in [-0.4, -0.2) is 43.2 Å². The van der Waals surface area contributed by atoms with Gasteiger partial charge in [-0.25, -0.2) is 5.84 Å². The van der Waals surface area contributed by atoms with Gasteiger partial charge in [-0.05, 0) is 32.2 Å². The van der Waals surface area contributed by atoms with E-state index in [9.17, 15) is 4.79 Å². The molecule has 1 heterocycles. The maximum Gasteiger partial charge on any atom is 0.253 e. The number of likely N-dealkylation sites (tertiary alicyclic amines) is 1. The number of piperidine rings is 1. The van der Waals surface area contributed by atoms with E-state index in [0.29, 0.717) is 18.6 Å². The van der Waals surface area contributed by atoms with Gasteiger partial charge in [-0.15, -0.1) is 0 Å². The molecule has 1 rings (SSSR count). The maximum absolute atomic E-state index is 11.7. The highest BCUT2D eigenvalue weighted by atomic mass is 16.5. The van der Waals surface area contributed by atoms with Gasteiger partial charge >= 0.3 is 0 Å². The number of hydrazine groups is 1. The first kappa shape index (κ1) is 13.4. The fourth-order valence-corrected chi connectivity index (χ4v) is 2.38. The molecule has 1 aliphatic heterocycles. The maximum atomic E-state index is 11.7. The van der Waals surface area contributed by atoms with E-state index in [1.165, 1.54) is 6.42 Å². The number of hydrogen-bond acceptors (Lipinski definition) is 4. The van der Waals surface area contributed by atoms with E-state index >= 15 is 0 Å². The third-order valence-electron chi connectivity index (χ3n) is 3.59. The van der Waals surface area contributed by atoms with E-state index in [-0.39, 0.29) is 11.9 Å². The highest BCUT2D eigenvalue weighted by Gasteiger charge is 2.33. The second-order valence-electron chi connectivity index (χ2n) is 4.58. The number of methoxy groups -OCH3 is 1. The van der Waals surface area contributed by atoms with Crippen molar-refractivity contribution in [3.05, 3.63) is 0 Å². The lowest BCUT2D eigenvalue weighted by Crippen LogP contribution is -2.57. The van der Waals surface area contributed by atoms with Crippen LogP contribution in [-0.2, 0) is 9.53 Å². The molecule has 1 saturated heterocycles. The van der Waals surface area contributed by atoms with E-state index in [1.807, 2.05) is 0 Å². The van der Waals surface area contributed by atoms with Crippen molar-refractivity contribution in [3.63, 3.8) is 0 Å². The Bertz CT molecular complexity index is 235. The number of rotatable bonds is 4. The van der Waals surface area contributed by atoms with Crippen molar-refractivity contribution in [1.29, 1.82) is 0 Å². The molecule has 0 aromatic rings. The molecule has 16 heavy (non-hydrogen) atoms. The summed E-state index contributed by atoms with van der Waals surface area (Å²) in [6.07, 6.45) is 2.35. The normalized spacial score (nSPS) is 28.8. The standard InChI is InChI=1S/C11H23N3O2/c1-8-5-4-6-14(9(8)2)10(7-16-3)11(15)13-12/h8-10H,4-7,12H2,1-3H3,(H,13,15). The zero-order valence-electron chi connectivity index (χ0n) is 10.4. The Balaban J connectivity index is 2.72. The minimum Gasteiger partial charge on any atom is -0.383 e. The fourth-order valence-electron chi connectivity index (χ4n) is 2.38. The molecule has 0 aromatic carbocycles. The smallest absolute Gasteiger partial charge is 0.253 e. The number of carbonyl (C=O) groups excluding carboxylic acids is 1. The molecule has 0 saturated carbocycles. The van der Waals surface area contributed by atoms with E-state index < -0.39 is 0 Å². The first-order valence-electron chi connectivity index (χ1n) is 5.87. The van der Waals surface area contributed by atoms with Gasteiger partial charge in [0.1, 0.15) is 6.04 Å². The van der Waals surface area contributed by atoms with Gasteiger partial charge in [0, 0.05) is 13.2 Å². The summed E-state index contributed by atoms with van der Waals surface area (Å²) in [4.78, 5) is 13.9. The summed E-state index contributed by atoms with van der Waals surface area (Å²) in [5.41, 5.74) is 2.22. The molecule has 1 amide bonds. The van der Waals surface area contributed by atoms with Crippen LogP contribution in [0.1, 0.15) is 26.7 Å².